The van der Waals surface area contributed by atoms with Crippen LogP contribution < -0.4 is 9.64 Å². The molecule has 0 aliphatic carbocycles. The first kappa shape index (κ1) is 17.1. The van der Waals surface area contributed by atoms with E-state index in [1.807, 2.05) is 18.2 Å². The van der Waals surface area contributed by atoms with Gasteiger partial charge in [-0.2, -0.15) is 0 Å². The maximum atomic E-state index is 5.91. The molecule has 1 aliphatic rings. The number of hydrogen-bond donors (Lipinski definition) is 1. The van der Waals surface area contributed by atoms with Crippen LogP contribution in [0, 0.1) is 0 Å². The fourth-order valence-electron chi connectivity index (χ4n) is 2.84. The molecule has 3 nitrogen and oxygen atoms in total. The quantitative estimate of drug-likeness (QED) is 0.770. The van der Waals surface area contributed by atoms with Crippen molar-refractivity contribution >= 4 is 27.5 Å². The van der Waals surface area contributed by atoms with E-state index in [0.717, 1.165) is 36.3 Å². The van der Waals surface area contributed by atoms with E-state index in [1.54, 1.807) is 4.90 Å². The number of nitrogens with one attached hydrogen (secondary N) is 1. The molecule has 0 bridgehead atoms. The van der Waals surface area contributed by atoms with Gasteiger partial charge in [-0.1, -0.05) is 11.6 Å². The summed E-state index contributed by atoms with van der Waals surface area (Å²) in [6.07, 6.45) is 3.01. The average molecular weight is 378 g/mol. The number of quaternary nitrogens is 1. The molecular weight excluding hydrogens is 354 g/mol. The molecule has 0 spiro atoms. The molecule has 2 rings (SSSR count). The van der Waals surface area contributed by atoms with Crippen molar-refractivity contribution in [3.63, 3.8) is 0 Å². The van der Waals surface area contributed by atoms with E-state index in [4.69, 9.17) is 21.1 Å². The number of hydrogen-bond acceptors (Lipinski definition) is 2. The van der Waals surface area contributed by atoms with E-state index in [0.29, 0.717) is 17.2 Å². The van der Waals surface area contributed by atoms with Gasteiger partial charge in [-0.15, -0.1) is 0 Å². The summed E-state index contributed by atoms with van der Waals surface area (Å²) in [4.78, 5) is 1.65. The van der Waals surface area contributed by atoms with Crippen molar-refractivity contribution in [3.05, 3.63) is 27.7 Å². The zero-order chi connectivity index (χ0) is 15.2. The van der Waals surface area contributed by atoms with Crippen LogP contribution in [0.3, 0.4) is 0 Å². The first-order valence-electron chi connectivity index (χ1n) is 7.61. The molecule has 0 aromatic heterocycles. The lowest BCUT2D eigenvalue weighted by molar-refractivity contribution is -0.915. The second-order valence-electron chi connectivity index (χ2n) is 5.80. The Hall–Kier alpha value is -0.290. The molecule has 1 saturated heterocycles. The van der Waals surface area contributed by atoms with Gasteiger partial charge in [-0.05, 0) is 60.8 Å². The van der Waals surface area contributed by atoms with Crippen LogP contribution in [0.4, 0.5) is 0 Å². The Kier molecular flexibility index (Phi) is 6.80. The number of halogens is 2. The van der Waals surface area contributed by atoms with Crippen molar-refractivity contribution in [2.45, 2.75) is 38.9 Å². The molecule has 3 atom stereocenters. The molecule has 0 radical (unpaired) electrons. The summed E-state index contributed by atoms with van der Waals surface area (Å²) in [7, 11) is 0. The van der Waals surface area contributed by atoms with E-state index >= 15 is 0 Å². The Morgan fingerprint density at radius 3 is 2.67 bits per heavy atom. The van der Waals surface area contributed by atoms with E-state index in [2.05, 4.69) is 29.8 Å². The summed E-state index contributed by atoms with van der Waals surface area (Å²) in [5.41, 5.74) is 0. The van der Waals surface area contributed by atoms with E-state index in [9.17, 15) is 0 Å². The minimum atomic E-state index is 0.380. The Bertz CT molecular complexity index is 448. The monoisotopic (exact) mass is 376 g/mol. The SMILES string of the molecule is C[C@@H]1C[NH+](CCCCOc2ccc(Cl)cc2Br)C[C@H](C)O1. The first-order valence-corrected chi connectivity index (χ1v) is 8.78. The summed E-state index contributed by atoms with van der Waals surface area (Å²) < 4.78 is 12.5. The lowest BCUT2D eigenvalue weighted by Gasteiger charge is -2.32. The van der Waals surface area contributed by atoms with Crippen LogP contribution >= 0.6 is 27.5 Å². The van der Waals surface area contributed by atoms with Crippen LogP contribution in [0.5, 0.6) is 5.75 Å². The number of benzene rings is 1. The van der Waals surface area contributed by atoms with Gasteiger partial charge in [0.05, 0.1) is 17.6 Å². The molecule has 1 unspecified atom stereocenters. The van der Waals surface area contributed by atoms with Gasteiger partial charge < -0.3 is 14.4 Å². The minimum absolute atomic E-state index is 0.380. The predicted octanol–water partition coefficient (Wildman–Crippen LogP) is 2.95. The van der Waals surface area contributed by atoms with Gasteiger partial charge in [-0.3, -0.25) is 0 Å². The zero-order valence-corrected chi connectivity index (χ0v) is 15.0. The highest BCUT2D eigenvalue weighted by Gasteiger charge is 2.24. The van der Waals surface area contributed by atoms with Crippen molar-refractivity contribution in [2.24, 2.45) is 0 Å². The van der Waals surface area contributed by atoms with Crippen LogP contribution in [-0.4, -0.2) is 38.4 Å². The van der Waals surface area contributed by atoms with Gasteiger partial charge in [0.2, 0.25) is 0 Å². The van der Waals surface area contributed by atoms with Crippen molar-refractivity contribution in [1.29, 1.82) is 0 Å². The standard InChI is InChI=1S/C16H23BrClNO2/c1-12-10-19(11-13(2)21-12)7-3-4-8-20-16-6-5-14(18)9-15(16)17/h5-6,9,12-13H,3-4,7-8,10-11H2,1-2H3/p+1/t12-,13+. The molecule has 1 heterocycles. The Morgan fingerprint density at radius 1 is 1.29 bits per heavy atom. The largest absolute Gasteiger partial charge is 0.492 e. The van der Waals surface area contributed by atoms with Gasteiger partial charge in [0.1, 0.15) is 31.0 Å². The molecule has 0 amide bonds. The number of ether oxygens (including phenoxy) is 2. The topological polar surface area (TPSA) is 22.9 Å². The van der Waals surface area contributed by atoms with Crippen molar-refractivity contribution in [1.82, 2.24) is 0 Å². The van der Waals surface area contributed by atoms with Crippen molar-refractivity contribution in [3.8, 4) is 5.75 Å². The maximum Gasteiger partial charge on any atom is 0.133 e. The predicted molar refractivity (Wildman–Crippen MR) is 89.5 cm³/mol. The van der Waals surface area contributed by atoms with Crippen LogP contribution in [0.1, 0.15) is 26.7 Å². The first-order chi connectivity index (χ1) is 10.0. The van der Waals surface area contributed by atoms with Crippen LogP contribution in [0.2, 0.25) is 5.02 Å². The lowest BCUT2D eigenvalue weighted by atomic mass is 10.2. The van der Waals surface area contributed by atoms with Crippen molar-refractivity contribution < 1.29 is 14.4 Å². The van der Waals surface area contributed by atoms with Gasteiger partial charge in [0.15, 0.2) is 0 Å². The van der Waals surface area contributed by atoms with E-state index < -0.39 is 0 Å². The highest BCUT2D eigenvalue weighted by atomic mass is 79.9. The lowest BCUT2D eigenvalue weighted by Crippen LogP contribution is -3.15. The summed E-state index contributed by atoms with van der Waals surface area (Å²) in [5, 5.41) is 0.716. The highest BCUT2D eigenvalue weighted by molar-refractivity contribution is 9.10. The second kappa shape index (κ2) is 8.37. The molecule has 118 valence electrons. The molecule has 1 aromatic carbocycles. The fourth-order valence-corrected chi connectivity index (χ4v) is 3.64. The number of rotatable bonds is 6. The smallest absolute Gasteiger partial charge is 0.133 e. The van der Waals surface area contributed by atoms with Gasteiger partial charge >= 0.3 is 0 Å². The van der Waals surface area contributed by atoms with Crippen LogP contribution in [0.15, 0.2) is 22.7 Å². The highest BCUT2D eigenvalue weighted by Crippen LogP contribution is 2.27. The number of unbranched alkanes of at least 4 members (excludes halogenated alkanes) is 1. The van der Waals surface area contributed by atoms with E-state index in [-0.39, 0.29) is 0 Å². The molecule has 1 N–H and O–H groups in total. The molecular formula is C16H24BrClNO2+. The summed E-state index contributed by atoms with van der Waals surface area (Å²) in [6.45, 7) is 8.51. The molecule has 1 aromatic rings. The van der Waals surface area contributed by atoms with Crippen LogP contribution in [0.25, 0.3) is 0 Å². The van der Waals surface area contributed by atoms with E-state index in [1.165, 1.54) is 13.0 Å². The zero-order valence-electron chi connectivity index (χ0n) is 12.7. The Balaban J connectivity index is 1.63. The molecule has 1 fully saturated rings. The third-order valence-electron chi connectivity index (χ3n) is 3.69. The molecule has 21 heavy (non-hydrogen) atoms. The number of morpholine rings is 1. The van der Waals surface area contributed by atoms with Gasteiger partial charge in [0.25, 0.3) is 0 Å². The normalized spacial score (nSPS) is 25.8. The molecule has 5 heteroatoms. The fraction of sp³-hybridized carbons (Fsp3) is 0.625. The molecule has 0 saturated carbocycles. The molecule has 1 aliphatic heterocycles. The second-order valence-corrected chi connectivity index (χ2v) is 7.09. The maximum absolute atomic E-state index is 5.91. The Labute approximate surface area is 140 Å². The average Bonchev–Trinajstić information content (AvgIpc) is 2.39. The third-order valence-corrected chi connectivity index (χ3v) is 4.55. The van der Waals surface area contributed by atoms with Crippen molar-refractivity contribution in [2.75, 3.05) is 26.2 Å². The summed E-state index contributed by atoms with van der Waals surface area (Å²) >= 11 is 9.38. The van der Waals surface area contributed by atoms with Crippen LogP contribution in [-0.2, 0) is 4.74 Å². The van der Waals surface area contributed by atoms with Gasteiger partial charge in [-0.25, -0.2) is 0 Å². The summed E-state index contributed by atoms with van der Waals surface area (Å²) in [6, 6.07) is 5.61. The Morgan fingerprint density at radius 2 is 2.00 bits per heavy atom. The third kappa shape index (κ3) is 5.78. The van der Waals surface area contributed by atoms with Gasteiger partial charge in [0, 0.05) is 5.02 Å². The minimum Gasteiger partial charge on any atom is -0.492 e. The summed E-state index contributed by atoms with van der Waals surface area (Å²) in [5.74, 6) is 0.861.